The van der Waals surface area contributed by atoms with Gasteiger partial charge in [-0.05, 0) is 17.7 Å². The van der Waals surface area contributed by atoms with Crippen molar-refractivity contribution in [2.45, 2.75) is 6.54 Å². The fraction of sp³-hybridized carbons (Fsp3) is 0.273. The van der Waals surface area contributed by atoms with Crippen LogP contribution in [-0.2, 0) is 16.1 Å². The van der Waals surface area contributed by atoms with E-state index in [4.69, 9.17) is 17.3 Å². The van der Waals surface area contributed by atoms with E-state index in [1.807, 2.05) is 6.07 Å². The van der Waals surface area contributed by atoms with Gasteiger partial charge in [-0.25, -0.2) is 0 Å². The summed E-state index contributed by atoms with van der Waals surface area (Å²) in [6, 6.07) is 5.35. The van der Waals surface area contributed by atoms with Gasteiger partial charge in [-0.15, -0.1) is 0 Å². The number of piperazine rings is 1. The van der Waals surface area contributed by atoms with E-state index in [2.05, 4.69) is 5.32 Å². The molecule has 1 aliphatic rings. The van der Waals surface area contributed by atoms with Gasteiger partial charge in [0.25, 0.3) is 0 Å². The molecule has 1 aliphatic heterocycles. The van der Waals surface area contributed by atoms with Crippen LogP contribution in [0.4, 0.5) is 5.69 Å². The van der Waals surface area contributed by atoms with Gasteiger partial charge in [0.15, 0.2) is 0 Å². The summed E-state index contributed by atoms with van der Waals surface area (Å²) in [5.74, 6) is -0.638. The molecule has 2 amide bonds. The summed E-state index contributed by atoms with van der Waals surface area (Å²) in [4.78, 5) is 24.2. The lowest BCUT2D eigenvalue weighted by molar-refractivity contribution is -0.130. The van der Waals surface area contributed by atoms with Crippen LogP contribution in [0.25, 0.3) is 0 Å². The number of anilines is 1. The van der Waals surface area contributed by atoms with E-state index in [9.17, 15) is 9.59 Å². The van der Waals surface area contributed by atoms with Gasteiger partial charge >= 0.3 is 0 Å². The molecule has 1 aromatic carbocycles. The first-order chi connectivity index (χ1) is 8.10. The molecule has 0 unspecified atom stereocenters. The van der Waals surface area contributed by atoms with Crippen molar-refractivity contribution in [2.24, 2.45) is 5.73 Å². The van der Waals surface area contributed by atoms with Gasteiger partial charge < -0.3 is 10.6 Å². The van der Waals surface area contributed by atoms with Crippen LogP contribution in [0.15, 0.2) is 18.2 Å². The van der Waals surface area contributed by atoms with E-state index in [0.29, 0.717) is 17.3 Å². The average molecular weight is 254 g/mol. The van der Waals surface area contributed by atoms with Gasteiger partial charge in [0.05, 0.1) is 23.8 Å². The summed E-state index contributed by atoms with van der Waals surface area (Å²) in [6.45, 7) is 0.667. The van der Waals surface area contributed by atoms with Gasteiger partial charge in [0, 0.05) is 6.54 Å². The van der Waals surface area contributed by atoms with Crippen LogP contribution in [0.5, 0.6) is 0 Å². The number of halogens is 1. The van der Waals surface area contributed by atoms with Crippen LogP contribution in [0.2, 0.25) is 5.02 Å². The number of benzene rings is 1. The third kappa shape index (κ3) is 2.57. The van der Waals surface area contributed by atoms with Crippen molar-refractivity contribution in [2.75, 3.05) is 18.0 Å². The van der Waals surface area contributed by atoms with E-state index >= 15 is 0 Å². The molecule has 0 bridgehead atoms. The van der Waals surface area contributed by atoms with Crippen LogP contribution in [0.3, 0.4) is 0 Å². The van der Waals surface area contributed by atoms with Crippen molar-refractivity contribution in [3.8, 4) is 0 Å². The molecular weight excluding hydrogens is 242 g/mol. The maximum absolute atomic E-state index is 11.3. The molecule has 90 valence electrons. The Hall–Kier alpha value is -1.59. The highest BCUT2D eigenvalue weighted by Gasteiger charge is 2.23. The molecule has 0 radical (unpaired) electrons. The predicted molar refractivity (Wildman–Crippen MR) is 64.7 cm³/mol. The zero-order valence-corrected chi connectivity index (χ0v) is 9.83. The van der Waals surface area contributed by atoms with Crippen LogP contribution in [0.1, 0.15) is 5.56 Å². The Labute approximate surface area is 104 Å². The lowest BCUT2D eigenvalue weighted by atomic mass is 10.2. The number of nitrogens with two attached hydrogens (primary N) is 1. The molecule has 17 heavy (non-hydrogen) atoms. The van der Waals surface area contributed by atoms with Crippen molar-refractivity contribution in [1.29, 1.82) is 0 Å². The summed E-state index contributed by atoms with van der Waals surface area (Å²) in [7, 11) is 0. The largest absolute Gasteiger partial charge is 0.352 e. The highest BCUT2D eigenvalue weighted by Crippen LogP contribution is 2.27. The summed E-state index contributed by atoms with van der Waals surface area (Å²) >= 11 is 6.10. The molecule has 1 heterocycles. The molecule has 0 aliphatic carbocycles. The van der Waals surface area contributed by atoms with E-state index in [1.54, 1.807) is 17.0 Å². The average Bonchev–Trinajstić information content (AvgIpc) is 2.27. The first-order valence-electron chi connectivity index (χ1n) is 5.16. The topological polar surface area (TPSA) is 75.4 Å². The van der Waals surface area contributed by atoms with E-state index in [-0.39, 0.29) is 24.9 Å². The number of nitrogens with zero attached hydrogens (tertiary/aromatic N) is 1. The zero-order valence-electron chi connectivity index (χ0n) is 9.07. The van der Waals surface area contributed by atoms with Crippen LogP contribution in [-0.4, -0.2) is 24.9 Å². The Morgan fingerprint density at radius 2 is 1.94 bits per heavy atom. The number of imide groups is 1. The fourth-order valence-electron chi connectivity index (χ4n) is 1.74. The fourth-order valence-corrected chi connectivity index (χ4v) is 2.06. The summed E-state index contributed by atoms with van der Waals surface area (Å²) in [6.07, 6.45) is 0. The van der Waals surface area contributed by atoms with Crippen molar-refractivity contribution in [1.82, 2.24) is 5.32 Å². The van der Waals surface area contributed by atoms with E-state index < -0.39 is 0 Å². The monoisotopic (exact) mass is 253 g/mol. The second-order valence-corrected chi connectivity index (χ2v) is 4.22. The Morgan fingerprint density at radius 1 is 1.29 bits per heavy atom. The highest BCUT2D eigenvalue weighted by molar-refractivity contribution is 6.33. The molecule has 3 N–H and O–H groups in total. The quantitative estimate of drug-likeness (QED) is 0.742. The normalized spacial score (nSPS) is 16.0. The SMILES string of the molecule is NCc1ccc(N2CC(=O)NC(=O)C2)c(Cl)c1. The molecule has 6 heteroatoms. The van der Waals surface area contributed by atoms with Gasteiger partial charge in [-0.1, -0.05) is 17.7 Å². The molecule has 5 nitrogen and oxygen atoms in total. The Kier molecular flexibility index (Phi) is 3.31. The van der Waals surface area contributed by atoms with Gasteiger partial charge in [-0.3, -0.25) is 14.9 Å². The number of carbonyl (C=O) groups excluding carboxylic acids is 2. The smallest absolute Gasteiger partial charge is 0.246 e. The first kappa shape index (κ1) is 11.9. The van der Waals surface area contributed by atoms with Crippen LogP contribution < -0.4 is 16.0 Å². The minimum absolute atomic E-state index is 0.132. The van der Waals surface area contributed by atoms with Crippen molar-refractivity contribution >= 4 is 29.1 Å². The standard InChI is InChI=1S/C11H12ClN3O2/c12-8-3-7(4-13)1-2-9(8)15-5-10(16)14-11(17)6-15/h1-3H,4-6,13H2,(H,14,16,17). The minimum atomic E-state index is -0.319. The summed E-state index contributed by atoms with van der Waals surface area (Å²) in [5.41, 5.74) is 7.08. The molecule has 1 fully saturated rings. The maximum atomic E-state index is 11.3. The van der Waals surface area contributed by atoms with E-state index in [0.717, 1.165) is 5.56 Å². The number of carbonyl (C=O) groups is 2. The Morgan fingerprint density at radius 3 is 2.47 bits per heavy atom. The molecule has 1 aromatic rings. The van der Waals surface area contributed by atoms with Crippen molar-refractivity contribution < 1.29 is 9.59 Å². The lowest BCUT2D eigenvalue weighted by Crippen LogP contribution is -2.51. The number of rotatable bonds is 2. The first-order valence-corrected chi connectivity index (χ1v) is 5.54. The molecule has 0 spiro atoms. The third-order valence-corrected chi connectivity index (χ3v) is 2.84. The second-order valence-electron chi connectivity index (χ2n) is 3.82. The predicted octanol–water partition coefficient (Wildman–Crippen LogP) is 0.262. The maximum Gasteiger partial charge on any atom is 0.246 e. The molecule has 0 saturated carbocycles. The van der Waals surface area contributed by atoms with Gasteiger partial charge in [0.1, 0.15) is 0 Å². The second kappa shape index (κ2) is 4.73. The third-order valence-electron chi connectivity index (χ3n) is 2.54. The Bertz CT molecular complexity index is 460. The van der Waals surface area contributed by atoms with Gasteiger partial charge in [-0.2, -0.15) is 0 Å². The molecule has 0 atom stereocenters. The van der Waals surface area contributed by atoms with Crippen molar-refractivity contribution in [3.05, 3.63) is 28.8 Å². The number of nitrogens with one attached hydrogen (secondary N) is 1. The number of amides is 2. The molecule has 1 saturated heterocycles. The summed E-state index contributed by atoms with van der Waals surface area (Å²) in [5, 5.41) is 2.73. The lowest BCUT2D eigenvalue weighted by Gasteiger charge is -2.28. The molecule has 2 rings (SSSR count). The highest BCUT2D eigenvalue weighted by atomic mass is 35.5. The molecular formula is C11H12ClN3O2. The summed E-state index contributed by atoms with van der Waals surface area (Å²) < 4.78 is 0. The van der Waals surface area contributed by atoms with Crippen molar-refractivity contribution in [3.63, 3.8) is 0 Å². The van der Waals surface area contributed by atoms with Gasteiger partial charge in [0.2, 0.25) is 11.8 Å². The Balaban J connectivity index is 2.27. The molecule has 0 aromatic heterocycles. The van der Waals surface area contributed by atoms with Crippen LogP contribution in [0, 0.1) is 0 Å². The zero-order chi connectivity index (χ0) is 12.4. The minimum Gasteiger partial charge on any atom is -0.352 e. The van der Waals surface area contributed by atoms with E-state index in [1.165, 1.54) is 0 Å². The number of hydrogen-bond donors (Lipinski definition) is 2. The number of hydrogen-bond acceptors (Lipinski definition) is 4. The van der Waals surface area contributed by atoms with Crippen LogP contribution >= 0.6 is 11.6 Å².